The van der Waals surface area contributed by atoms with Crippen LogP contribution in [0.25, 0.3) is 0 Å². The number of rotatable bonds is 6. The average Bonchev–Trinajstić information content (AvgIpc) is 2.83. The van der Waals surface area contributed by atoms with Gasteiger partial charge in [0.25, 0.3) is 0 Å². The second kappa shape index (κ2) is 9.91. The molecular formula is C19H30IN5O. The van der Waals surface area contributed by atoms with E-state index in [9.17, 15) is 5.11 Å². The summed E-state index contributed by atoms with van der Waals surface area (Å²) in [6.45, 7) is 9.54. The highest BCUT2D eigenvalue weighted by molar-refractivity contribution is 14.0. The fourth-order valence-corrected chi connectivity index (χ4v) is 2.70. The average molecular weight is 471 g/mol. The SMILES string of the molecule is CCNC(=NCc1c(C)nn(C)c1C)NCC(C)(O)c1ccccc1.I. The molecule has 1 unspecified atom stereocenters. The van der Waals surface area contributed by atoms with Gasteiger partial charge in [0.1, 0.15) is 5.60 Å². The Morgan fingerprint density at radius 3 is 2.42 bits per heavy atom. The van der Waals surface area contributed by atoms with Crippen LogP contribution in [0.4, 0.5) is 0 Å². The summed E-state index contributed by atoms with van der Waals surface area (Å²) in [5.74, 6) is 0.682. The molecule has 1 aromatic heterocycles. The standard InChI is InChI=1S/C19H29N5O.HI/c1-6-20-18(21-12-17-14(2)23-24(5)15(17)3)22-13-19(4,25)16-10-8-7-9-11-16;/h7-11,25H,6,12-13H2,1-5H3,(H2,20,21,22);1H. The van der Waals surface area contributed by atoms with Crippen molar-refractivity contribution in [3.05, 3.63) is 52.8 Å². The Hall–Kier alpha value is -1.61. The molecule has 1 aromatic carbocycles. The summed E-state index contributed by atoms with van der Waals surface area (Å²) in [6.07, 6.45) is 0. The molecule has 2 rings (SSSR count). The van der Waals surface area contributed by atoms with Crippen LogP contribution in [0.3, 0.4) is 0 Å². The second-order valence-corrected chi connectivity index (χ2v) is 6.46. The molecule has 1 atom stereocenters. The van der Waals surface area contributed by atoms with Gasteiger partial charge in [0.2, 0.25) is 0 Å². The lowest BCUT2D eigenvalue weighted by Gasteiger charge is -2.25. The number of hydrogen-bond donors (Lipinski definition) is 3. The third-order valence-electron chi connectivity index (χ3n) is 4.39. The monoisotopic (exact) mass is 471 g/mol. The molecule has 0 saturated carbocycles. The molecule has 0 bridgehead atoms. The van der Waals surface area contributed by atoms with Crippen LogP contribution in [0.15, 0.2) is 35.3 Å². The van der Waals surface area contributed by atoms with Gasteiger partial charge < -0.3 is 15.7 Å². The summed E-state index contributed by atoms with van der Waals surface area (Å²) < 4.78 is 1.88. The number of aliphatic imine (C=N–C) groups is 1. The Bertz CT molecular complexity index is 725. The number of nitrogens with one attached hydrogen (secondary N) is 2. The highest BCUT2D eigenvalue weighted by Gasteiger charge is 2.23. The number of benzene rings is 1. The molecule has 6 nitrogen and oxygen atoms in total. The fraction of sp³-hybridized carbons (Fsp3) is 0.474. The summed E-state index contributed by atoms with van der Waals surface area (Å²) in [5.41, 5.74) is 3.15. The first-order valence-corrected chi connectivity index (χ1v) is 8.64. The lowest BCUT2D eigenvalue weighted by atomic mass is 9.96. The highest BCUT2D eigenvalue weighted by atomic mass is 127. The van der Waals surface area contributed by atoms with Crippen LogP contribution in [-0.2, 0) is 19.2 Å². The maximum Gasteiger partial charge on any atom is 0.191 e. The smallest absolute Gasteiger partial charge is 0.191 e. The molecule has 7 heteroatoms. The second-order valence-electron chi connectivity index (χ2n) is 6.46. The van der Waals surface area contributed by atoms with Crippen LogP contribution in [0.2, 0.25) is 0 Å². The van der Waals surface area contributed by atoms with E-state index in [1.165, 1.54) is 0 Å². The number of halogens is 1. The molecule has 0 aliphatic heterocycles. The Kier molecular flexibility index (Phi) is 8.55. The molecular weight excluding hydrogens is 441 g/mol. The Labute approximate surface area is 173 Å². The Morgan fingerprint density at radius 1 is 1.23 bits per heavy atom. The van der Waals surface area contributed by atoms with Gasteiger partial charge in [0.05, 0.1) is 18.8 Å². The zero-order chi connectivity index (χ0) is 18.4. The Morgan fingerprint density at radius 2 is 1.88 bits per heavy atom. The van der Waals surface area contributed by atoms with Gasteiger partial charge in [-0.25, -0.2) is 4.99 Å². The van der Waals surface area contributed by atoms with E-state index in [-0.39, 0.29) is 24.0 Å². The van der Waals surface area contributed by atoms with Gasteiger partial charge >= 0.3 is 0 Å². The van der Waals surface area contributed by atoms with Crippen LogP contribution >= 0.6 is 24.0 Å². The van der Waals surface area contributed by atoms with Crippen LogP contribution in [0.1, 0.15) is 36.4 Å². The minimum atomic E-state index is -0.975. The largest absolute Gasteiger partial charge is 0.384 e. The third-order valence-corrected chi connectivity index (χ3v) is 4.39. The van der Waals surface area contributed by atoms with Gasteiger partial charge in [0, 0.05) is 24.8 Å². The number of guanidine groups is 1. The molecule has 0 radical (unpaired) electrons. The molecule has 1 heterocycles. The molecule has 0 saturated heterocycles. The maximum absolute atomic E-state index is 10.7. The van der Waals surface area contributed by atoms with Gasteiger partial charge in [0.15, 0.2) is 5.96 Å². The quantitative estimate of drug-likeness (QED) is 0.344. The van der Waals surface area contributed by atoms with Crippen molar-refractivity contribution >= 4 is 29.9 Å². The molecule has 0 spiro atoms. The third kappa shape index (κ3) is 5.70. The van der Waals surface area contributed by atoms with Gasteiger partial charge in [-0.3, -0.25) is 4.68 Å². The van der Waals surface area contributed by atoms with Crippen molar-refractivity contribution in [2.45, 2.75) is 39.8 Å². The van der Waals surface area contributed by atoms with Gasteiger partial charge in [-0.05, 0) is 33.3 Å². The first-order valence-electron chi connectivity index (χ1n) is 8.64. The normalized spacial score (nSPS) is 13.7. The first-order chi connectivity index (χ1) is 11.8. The molecule has 3 N–H and O–H groups in total. The minimum absolute atomic E-state index is 0. The molecule has 0 fully saturated rings. The van der Waals surface area contributed by atoms with Crippen molar-refractivity contribution in [1.29, 1.82) is 0 Å². The number of hydrogen-bond acceptors (Lipinski definition) is 3. The fourth-order valence-electron chi connectivity index (χ4n) is 2.70. The minimum Gasteiger partial charge on any atom is -0.384 e. The predicted octanol–water partition coefficient (Wildman–Crippen LogP) is 2.62. The van der Waals surface area contributed by atoms with E-state index in [0.29, 0.717) is 19.0 Å². The molecule has 0 amide bonds. The van der Waals surface area contributed by atoms with Crippen molar-refractivity contribution in [3.8, 4) is 0 Å². The van der Waals surface area contributed by atoms with Crippen molar-refractivity contribution in [3.63, 3.8) is 0 Å². The van der Waals surface area contributed by atoms with Crippen LogP contribution in [-0.4, -0.2) is 33.9 Å². The van der Waals surface area contributed by atoms with E-state index in [4.69, 9.17) is 0 Å². The van der Waals surface area contributed by atoms with E-state index in [0.717, 1.165) is 29.1 Å². The van der Waals surface area contributed by atoms with Crippen molar-refractivity contribution in [1.82, 2.24) is 20.4 Å². The van der Waals surface area contributed by atoms with Crippen molar-refractivity contribution in [2.75, 3.05) is 13.1 Å². The van der Waals surface area contributed by atoms with E-state index in [1.807, 2.05) is 62.8 Å². The first kappa shape index (κ1) is 22.4. The van der Waals surface area contributed by atoms with E-state index in [1.54, 1.807) is 6.92 Å². The molecule has 0 aliphatic carbocycles. The van der Waals surface area contributed by atoms with Gasteiger partial charge in [-0.1, -0.05) is 30.3 Å². The summed E-state index contributed by atoms with van der Waals surface area (Å²) in [7, 11) is 1.94. The molecule has 2 aromatic rings. The predicted molar refractivity (Wildman–Crippen MR) is 117 cm³/mol. The van der Waals surface area contributed by atoms with E-state index in [2.05, 4.69) is 20.7 Å². The highest BCUT2D eigenvalue weighted by Crippen LogP contribution is 2.19. The number of nitrogens with zero attached hydrogens (tertiary/aromatic N) is 3. The zero-order valence-corrected chi connectivity index (χ0v) is 18.5. The van der Waals surface area contributed by atoms with E-state index < -0.39 is 5.60 Å². The maximum atomic E-state index is 10.7. The summed E-state index contributed by atoms with van der Waals surface area (Å²) in [5, 5.41) is 21.6. The lowest BCUT2D eigenvalue weighted by Crippen LogP contribution is -2.44. The van der Waals surface area contributed by atoms with E-state index >= 15 is 0 Å². The molecule has 26 heavy (non-hydrogen) atoms. The summed E-state index contributed by atoms with van der Waals surface area (Å²) >= 11 is 0. The van der Waals surface area contributed by atoms with Crippen molar-refractivity contribution < 1.29 is 5.11 Å². The van der Waals surface area contributed by atoms with Crippen LogP contribution in [0, 0.1) is 13.8 Å². The molecule has 144 valence electrons. The number of aliphatic hydroxyl groups is 1. The Balaban J connectivity index is 0.00000338. The van der Waals surface area contributed by atoms with Crippen molar-refractivity contribution in [2.24, 2.45) is 12.0 Å². The topological polar surface area (TPSA) is 74.5 Å². The summed E-state index contributed by atoms with van der Waals surface area (Å²) in [6, 6.07) is 9.65. The van der Waals surface area contributed by atoms with Crippen LogP contribution in [0.5, 0.6) is 0 Å². The lowest BCUT2D eigenvalue weighted by molar-refractivity contribution is 0.0617. The zero-order valence-electron chi connectivity index (χ0n) is 16.2. The number of aryl methyl sites for hydroxylation is 2. The number of aromatic nitrogens is 2. The van der Waals surface area contributed by atoms with Crippen LogP contribution < -0.4 is 10.6 Å². The molecule has 0 aliphatic rings. The van der Waals surface area contributed by atoms with Gasteiger partial charge in [-0.2, -0.15) is 5.10 Å². The van der Waals surface area contributed by atoms with Gasteiger partial charge in [-0.15, -0.1) is 24.0 Å². The summed E-state index contributed by atoms with van der Waals surface area (Å²) in [4.78, 5) is 4.65.